The van der Waals surface area contributed by atoms with Crippen LogP contribution in [0, 0.1) is 18.3 Å². The number of anilines is 2. The Morgan fingerprint density at radius 1 is 1.05 bits per heavy atom. The number of fused-ring (bicyclic) bond motifs is 3. The van der Waals surface area contributed by atoms with Crippen molar-refractivity contribution >= 4 is 33.9 Å². The Hall–Kier alpha value is -3.15. The van der Waals surface area contributed by atoms with Crippen LogP contribution in [0.3, 0.4) is 0 Å². The second kappa shape index (κ2) is 10.9. The van der Waals surface area contributed by atoms with E-state index in [2.05, 4.69) is 19.5 Å². The van der Waals surface area contributed by atoms with Gasteiger partial charge in [-0.25, -0.2) is 11.0 Å². The lowest BCUT2D eigenvalue weighted by Crippen LogP contribution is -2.44. The number of hydrogen-bond donors (Lipinski definition) is 0. The van der Waals surface area contributed by atoms with Crippen LogP contribution in [0.5, 0.6) is 6.01 Å². The van der Waals surface area contributed by atoms with Gasteiger partial charge in [-0.1, -0.05) is 29.8 Å². The molecule has 214 valence electrons. The molecule has 41 heavy (non-hydrogen) atoms. The Bertz CT molecular complexity index is 1500. The molecule has 7 nitrogen and oxygen atoms in total. The van der Waals surface area contributed by atoms with E-state index in [1.165, 1.54) is 31.7 Å². The number of aromatic nitrogens is 2. The average Bonchev–Trinajstić information content (AvgIpc) is 3.58. The number of ether oxygens (including phenoxy) is 1. The fraction of sp³-hybridized carbons (Fsp3) is 0.531. The van der Waals surface area contributed by atoms with Crippen molar-refractivity contribution < 1.29 is 9.13 Å². The van der Waals surface area contributed by atoms with Crippen molar-refractivity contribution in [3.8, 4) is 6.01 Å². The van der Waals surface area contributed by atoms with Crippen molar-refractivity contribution in [1.29, 1.82) is 0 Å². The van der Waals surface area contributed by atoms with Crippen molar-refractivity contribution in [2.75, 3.05) is 55.7 Å². The molecule has 3 saturated heterocycles. The fourth-order valence-corrected chi connectivity index (χ4v) is 7.94. The molecular weight excluding hydrogens is 539 g/mol. The average molecular weight is 575 g/mol. The van der Waals surface area contributed by atoms with Crippen LogP contribution < -0.4 is 14.5 Å². The van der Waals surface area contributed by atoms with Crippen LogP contribution in [-0.4, -0.2) is 66.3 Å². The second-order valence-electron chi connectivity index (χ2n) is 12.2. The van der Waals surface area contributed by atoms with E-state index in [4.69, 9.17) is 32.9 Å². The molecule has 3 fully saturated rings. The highest BCUT2D eigenvalue weighted by atomic mass is 35.5. The quantitative estimate of drug-likeness (QED) is 0.330. The van der Waals surface area contributed by atoms with E-state index in [1.54, 1.807) is 6.07 Å². The number of rotatable bonds is 6. The monoisotopic (exact) mass is 574 g/mol. The second-order valence-corrected chi connectivity index (χ2v) is 12.5. The summed E-state index contributed by atoms with van der Waals surface area (Å²) in [6.45, 7) is 14.0. The number of benzene rings is 2. The molecule has 0 aliphatic carbocycles. The van der Waals surface area contributed by atoms with Gasteiger partial charge in [0.1, 0.15) is 18.2 Å². The Morgan fingerprint density at radius 3 is 2.73 bits per heavy atom. The molecule has 0 radical (unpaired) electrons. The molecule has 0 saturated carbocycles. The van der Waals surface area contributed by atoms with Crippen LogP contribution >= 0.6 is 11.6 Å². The molecule has 1 atom stereocenters. The molecule has 4 aliphatic heterocycles. The molecule has 7 rings (SSSR count). The van der Waals surface area contributed by atoms with E-state index < -0.39 is 5.82 Å². The van der Waals surface area contributed by atoms with Gasteiger partial charge in [0.25, 0.3) is 0 Å². The van der Waals surface area contributed by atoms with Crippen molar-refractivity contribution in [2.24, 2.45) is 5.92 Å². The predicted molar refractivity (Wildman–Crippen MR) is 160 cm³/mol. The van der Waals surface area contributed by atoms with Crippen LogP contribution in [0.25, 0.3) is 15.6 Å². The van der Waals surface area contributed by atoms with Gasteiger partial charge in [0.15, 0.2) is 0 Å². The largest absolute Gasteiger partial charge is 0.461 e. The van der Waals surface area contributed by atoms with E-state index in [1.807, 2.05) is 18.2 Å². The Labute approximate surface area is 246 Å². The minimum atomic E-state index is -0.407. The van der Waals surface area contributed by atoms with Crippen LogP contribution in [0.4, 0.5) is 15.9 Å². The third kappa shape index (κ3) is 4.87. The summed E-state index contributed by atoms with van der Waals surface area (Å²) in [4.78, 5) is 21.0. The Balaban J connectivity index is 1.24. The van der Waals surface area contributed by atoms with Gasteiger partial charge in [0.2, 0.25) is 6.54 Å². The van der Waals surface area contributed by atoms with Gasteiger partial charge in [0, 0.05) is 42.2 Å². The maximum atomic E-state index is 14.5. The van der Waals surface area contributed by atoms with Crippen molar-refractivity contribution in [2.45, 2.75) is 57.0 Å². The summed E-state index contributed by atoms with van der Waals surface area (Å²) >= 11 is 6.51. The number of piperidine rings is 1. The summed E-state index contributed by atoms with van der Waals surface area (Å²) in [5.41, 5.74) is 3.15. The fourth-order valence-electron chi connectivity index (χ4n) is 7.67. The van der Waals surface area contributed by atoms with Crippen LogP contribution in [0.1, 0.15) is 49.8 Å². The van der Waals surface area contributed by atoms with E-state index >= 15 is 0 Å². The summed E-state index contributed by atoms with van der Waals surface area (Å²) in [5.74, 6) is 0.914. The first-order chi connectivity index (χ1) is 20.0. The molecule has 0 spiro atoms. The topological polar surface area (TPSA) is 49.1 Å². The lowest BCUT2D eigenvalue weighted by atomic mass is 9.95. The zero-order valence-electron chi connectivity index (χ0n) is 23.4. The molecule has 0 N–H and O–H groups in total. The first-order valence-electron chi connectivity index (χ1n) is 15.0. The maximum absolute atomic E-state index is 14.5. The van der Waals surface area contributed by atoms with Gasteiger partial charge in [-0.15, -0.1) is 0 Å². The number of halogens is 2. The Kier molecular flexibility index (Phi) is 7.12. The van der Waals surface area contributed by atoms with Crippen molar-refractivity contribution in [1.82, 2.24) is 14.9 Å². The summed E-state index contributed by atoms with van der Waals surface area (Å²) < 4.78 is 21.0. The minimum absolute atomic E-state index is 0.112. The SMILES string of the molecule is [C-]#[N+]C[C@@H]1CCCN(c2nc(OCC34CCCN3CCC4)nc3c2CCN(c2cccc4ccc(F)c(Cl)c24)C3)C1. The summed E-state index contributed by atoms with van der Waals surface area (Å²) in [6, 6.07) is 9.65. The van der Waals surface area contributed by atoms with Crippen molar-refractivity contribution in [3.05, 3.63) is 63.8 Å². The number of nitrogens with zero attached hydrogens (tertiary/aromatic N) is 6. The first kappa shape index (κ1) is 26.7. The van der Waals surface area contributed by atoms with Crippen LogP contribution in [0.2, 0.25) is 5.02 Å². The van der Waals surface area contributed by atoms with Gasteiger partial charge >= 0.3 is 6.01 Å². The van der Waals surface area contributed by atoms with Crippen LogP contribution in [-0.2, 0) is 13.0 Å². The highest BCUT2D eigenvalue weighted by Gasteiger charge is 2.45. The first-order valence-corrected chi connectivity index (χ1v) is 15.4. The zero-order chi connectivity index (χ0) is 28.0. The molecule has 0 amide bonds. The van der Waals surface area contributed by atoms with Gasteiger partial charge in [-0.05, 0) is 75.6 Å². The molecule has 4 aliphatic rings. The zero-order valence-corrected chi connectivity index (χ0v) is 24.2. The summed E-state index contributed by atoms with van der Waals surface area (Å²) in [6.07, 6.45) is 7.69. The van der Waals surface area contributed by atoms with Gasteiger partial charge in [-0.3, -0.25) is 4.90 Å². The normalized spacial score (nSPS) is 22.0. The molecular formula is C32H36ClFN6O. The molecule has 5 heterocycles. The maximum Gasteiger partial charge on any atom is 0.318 e. The highest BCUT2D eigenvalue weighted by Crippen LogP contribution is 2.41. The van der Waals surface area contributed by atoms with Crippen LogP contribution in [0.15, 0.2) is 30.3 Å². The third-order valence-electron chi connectivity index (χ3n) is 9.73. The molecule has 1 aromatic heterocycles. The Morgan fingerprint density at radius 2 is 1.90 bits per heavy atom. The lowest BCUT2D eigenvalue weighted by molar-refractivity contribution is 0.107. The molecule has 2 aromatic carbocycles. The van der Waals surface area contributed by atoms with Gasteiger partial charge < -0.3 is 19.4 Å². The molecule has 3 aromatic rings. The van der Waals surface area contributed by atoms with Gasteiger partial charge in [-0.2, -0.15) is 9.97 Å². The third-order valence-corrected chi connectivity index (χ3v) is 10.1. The summed E-state index contributed by atoms with van der Waals surface area (Å²) in [5, 5.41) is 1.82. The number of hydrogen-bond acceptors (Lipinski definition) is 6. The standard InChI is InChI=1S/C32H36ClFN6O/c1-35-18-22-6-3-14-39(19-22)30-24-11-17-38(27-8-2-7-23-9-10-25(34)29(33)28(23)27)20-26(24)36-31(37-30)41-21-32-12-4-15-40(32)16-5-13-32/h2,7-10,22H,3-6,11-21H2/t22-/m0/s1. The smallest absolute Gasteiger partial charge is 0.318 e. The van der Waals surface area contributed by atoms with Gasteiger partial charge in [0.05, 0.1) is 22.8 Å². The lowest BCUT2D eigenvalue weighted by Gasteiger charge is -2.37. The molecule has 0 unspecified atom stereocenters. The summed E-state index contributed by atoms with van der Waals surface area (Å²) in [7, 11) is 0. The van der Waals surface area contributed by atoms with E-state index in [0.29, 0.717) is 31.6 Å². The van der Waals surface area contributed by atoms with E-state index in [-0.39, 0.29) is 10.6 Å². The molecule has 0 bridgehead atoms. The molecule has 9 heteroatoms. The minimum Gasteiger partial charge on any atom is -0.461 e. The van der Waals surface area contributed by atoms with E-state index in [9.17, 15) is 4.39 Å². The van der Waals surface area contributed by atoms with Crippen molar-refractivity contribution in [3.63, 3.8) is 0 Å². The highest BCUT2D eigenvalue weighted by molar-refractivity contribution is 6.36. The van der Waals surface area contributed by atoms with E-state index in [0.717, 1.165) is 85.5 Å². The predicted octanol–water partition coefficient (Wildman–Crippen LogP) is 6.13.